The maximum Gasteiger partial charge on any atom is 0.0292 e. The molecule has 2 N–H and O–H groups in total. The van der Waals surface area contributed by atoms with Gasteiger partial charge in [0, 0.05) is 15.8 Å². The first-order valence-electron chi connectivity index (χ1n) is 6.29. The van der Waals surface area contributed by atoms with E-state index in [-0.39, 0.29) is 6.04 Å². The van der Waals surface area contributed by atoms with Crippen LogP contribution in [0.25, 0.3) is 0 Å². The van der Waals surface area contributed by atoms with Gasteiger partial charge in [-0.1, -0.05) is 48.5 Å². The Kier molecular flexibility index (Phi) is 4.45. The molecule has 0 amide bonds. The molecule has 0 radical (unpaired) electrons. The van der Waals surface area contributed by atoms with Crippen molar-refractivity contribution >= 4 is 11.8 Å². The second kappa shape index (κ2) is 6.07. The van der Waals surface area contributed by atoms with Gasteiger partial charge in [-0.05, 0) is 43.2 Å². The van der Waals surface area contributed by atoms with Gasteiger partial charge in [-0.2, -0.15) is 0 Å². The van der Waals surface area contributed by atoms with Crippen LogP contribution >= 0.6 is 11.8 Å². The first-order chi connectivity index (χ1) is 8.69. The first kappa shape index (κ1) is 13.2. The van der Waals surface area contributed by atoms with E-state index in [1.807, 2.05) is 0 Å². The van der Waals surface area contributed by atoms with E-state index in [2.05, 4.69) is 62.4 Å². The zero-order valence-corrected chi connectivity index (χ0v) is 11.7. The lowest BCUT2D eigenvalue weighted by Gasteiger charge is -2.09. The molecule has 0 unspecified atom stereocenters. The minimum atomic E-state index is 0.156. The Balaban J connectivity index is 2.08. The summed E-state index contributed by atoms with van der Waals surface area (Å²) in [5.74, 6) is 0. The van der Waals surface area contributed by atoms with Crippen molar-refractivity contribution in [3.63, 3.8) is 0 Å². The fourth-order valence-corrected chi connectivity index (χ4v) is 2.58. The first-order valence-corrected chi connectivity index (χ1v) is 7.10. The van der Waals surface area contributed by atoms with Gasteiger partial charge < -0.3 is 5.73 Å². The number of hydrogen-bond donors (Lipinski definition) is 1. The molecule has 18 heavy (non-hydrogen) atoms. The van der Waals surface area contributed by atoms with Crippen molar-refractivity contribution in [1.82, 2.24) is 0 Å². The summed E-state index contributed by atoms with van der Waals surface area (Å²) in [6, 6.07) is 17.3. The Hall–Kier alpha value is -1.25. The zero-order valence-electron chi connectivity index (χ0n) is 10.9. The number of aryl methyl sites for hydroxylation is 1. The highest BCUT2D eigenvalue weighted by atomic mass is 32.2. The van der Waals surface area contributed by atoms with Gasteiger partial charge in [0.1, 0.15) is 0 Å². The SMILES string of the molecule is CC[C@@H](N)c1ccc(Sc2ccc(C)cc2)cc1. The molecular weight excluding hydrogens is 238 g/mol. The van der Waals surface area contributed by atoms with Crippen molar-refractivity contribution < 1.29 is 0 Å². The van der Waals surface area contributed by atoms with E-state index in [0.29, 0.717) is 0 Å². The molecule has 0 aromatic heterocycles. The highest BCUT2D eigenvalue weighted by Crippen LogP contribution is 2.28. The molecule has 0 fully saturated rings. The third-order valence-electron chi connectivity index (χ3n) is 3.00. The number of rotatable bonds is 4. The molecule has 2 aromatic carbocycles. The molecule has 0 bridgehead atoms. The van der Waals surface area contributed by atoms with E-state index in [1.54, 1.807) is 11.8 Å². The molecular formula is C16H19NS. The molecule has 0 spiro atoms. The van der Waals surface area contributed by atoms with E-state index in [0.717, 1.165) is 6.42 Å². The van der Waals surface area contributed by atoms with Crippen LogP contribution < -0.4 is 5.73 Å². The smallest absolute Gasteiger partial charge is 0.0292 e. The number of benzene rings is 2. The molecule has 2 heteroatoms. The molecule has 2 aromatic rings. The Morgan fingerprint density at radius 1 is 0.944 bits per heavy atom. The summed E-state index contributed by atoms with van der Waals surface area (Å²) in [5.41, 5.74) is 8.52. The van der Waals surface area contributed by atoms with E-state index < -0.39 is 0 Å². The van der Waals surface area contributed by atoms with Crippen molar-refractivity contribution in [2.45, 2.75) is 36.1 Å². The number of nitrogens with two attached hydrogens (primary N) is 1. The van der Waals surface area contributed by atoms with E-state index >= 15 is 0 Å². The highest BCUT2D eigenvalue weighted by Gasteiger charge is 2.03. The predicted octanol–water partition coefficient (Wildman–Crippen LogP) is 4.56. The Morgan fingerprint density at radius 2 is 1.44 bits per heavy atom. The van der Waals surface area contributed by atoms with Crippen LogP contribution in [0, 0.1) is 6.92 Å². The van der Waals surface area contributed by atoms with Crippen molar-refractivity contribution in [2.24, 2.45) is 5.73 Å². The average molecular weight is 257 g/mol. The van der Waals surface area contributed by atoms with Crippen molar-refractivity contribution in [3.05, 3.63) is 59.7 Å². The minimum absolute atomic E-state index is 0.156. The average Bonchev–Trinajstić information content (AvgIpc) is 2.41. The normalized spacial score (nSPS) is 12.4. The topological polar surface area (TPSA) is 26.0 Å². The lowest BCUT2D eigenvalue weighted by Crippen LogP contribution is -2.07. The largest absolute Gasteiger partial charge is 0.324 e. The van der Waals surface area contributed by atoms with Crippen molar-refractivity contribution in [1.29, 1.82) is 0 Å². The lowest BCUT2D eigenvalue weighted by atomic mass is 10.1. The maximum absolute atomic E-state index is 6.01. The molecule has 0 saturated carbocycles. The third-order valence-corrected chi connectivity index (χ3v) is 4.02. The molecule has 0 saturated heterocycles. The summed E-state index contributed by atoms with van der Waals surface area (Å²) >= 11 is 1.78. The summed E-state index contributed by atoms with van der Waals surface area (Å²) in [6.45, 7) is 4.22. The van der Waals surface area contributed by atoms with E-state index in [1.165, 1.54) is 20.9 Å². The third kappa shape index (κ3) is 3.37. The minimum Gasteiger partial charge on any atom is -0.324 e. The van der Waals surface area contributed by atoms with Gasteiger partial charge in [-0.3, -0.25) is 0 Å². The Bertz CT molecular complexity index is 488. The molecule has 0 heterocycles. The van der Waals surface area contributed by atoms with Crippen LogP contribution in [0.2, 0.25) is 0 Å². The van der Waals surface area contributed by atoms with Crippen LogP contribution in [0.5, 0.6) is 0 Å². The summed E-state index contributed by atoms with van der Waals surface area (Å²) < 4.78 is 0. The highest BCUT2D eigenvalue weighted by molar-refractivity contribution is 7.99. The molecule has 0 aliphatic heterocycles. The van der Waals surface area contributed by atoms with Gasteiger partial charge in [-0.15, -0.1) is 0 Å². The van der Waals surface area contributed by atoms with Gasteiger partial charge in [0.05, 0.1) is 0 Å². The lowest BCUT2D eigenvalue weighted by molar-refractivity contribution is 0.698. The van der Waals surface area contributed by atoms with Crippen LogP contribution in [0.3, 0.4) is 0 Å². The Labute approximate surface area is 113 Å². The summed E-state index contributed by atoms with van der Waals surface area (Å²) in [5, 5.41) is 0. The fraction of sp³-hybridized carbons (Fsp3) is 0.250. The van der Waals surface area contributed by atoms with Gasteiger partial charge >= 0.3 is 0 Å². The molecule has 0 aliphatic carbocycles. The predicted molar refractivity (Wildman–Crippen MR) is 79.0 cm³/mol. The van der Waals surface area contributed by atoms with Gasteiger partial charge in [0.2, 0.25) is 0 Å². The monoisotopic (exact) mass is 257 g/mol. The molecule has 1 atom stereocenters. The standard InChI is InChI=1S/C16H19NS/c1-3-16(17)13-6-10-15(11-7-13)18-14-8-4-12(2)5-9-14/h4-11,16H,3,17H2,1-2H3/t16-/m1/s1. The second-order valence-electron chi connectivity index (χ2n) is 4.50. The van der Waals surface area contributed by atoms with Crippen molar-refractivity contribution in [3.8, 4) is 0 Å². The molecule has 94 valence electrons. The van der Waals surface area contributed by atoms with Crippen molar-refractivity contribution in [2.75, 3.05) is 0 Å². The molecule has 1 nitrogen and oxygen atoms in total. The van der Waals surface area contributed by atoms with Crippen LogP contribution in [0.1, 0.15) is 30.5 Å². The van der Waals surface area contributed by atoms with Crippen LogP contribution in [0.15, 0.2) is 58.3 Å². The number of hydrogen-bond acceptors (Lipinski definition) is 2. The molecule has 0 aliphatic rings. The fourth-order valence-electron chi connectivity index (χ4n) is 1.76. The zero-order chi connectivity index (χ0) is 13.0. The van der Waals surface area contributed by atoms with Crippen LogP contribution in [-0.4, -0.2) is 0 Å². The van der Waals surface area contributed by atoms with Gasteiger partial charge in [-0.25, -0.2) is 0 Å². The Morgan fingerprint density at radius 3 is 1.94 bits per heavy atom. The summed E-state index contributed by atoms with van der Waals surface area (Å²) in [4.78, 5) is 2.53. The van der Waals surface area contributed by atoms with E-state index in [9.17, 15) is 0 Å². The molecule has 2 rings (SSSR count). The van der Waals surface area contributed by atoms with Crippen LogP contribution in [-0.2, 0) is 0 Å². The summed E-state index contributed by atoms with van der Waals surface area (Å²) in [7, 11) is 0. The van der Waals surface area contributed by atoms with E-state index in [4.69, 9.17) is 5.73 Å². The quantitative estimate of drug-likeness (QED) is 0.869. The maximum atomic E-state index is 6.01. The second-order valence-corrected chi connectivity index (χ2v) is 5.65. The van der Waals surface area contributed by atoms with Crippen LogP contribution in [0.4, 0.5) is 0 Å². The summed E-state index contributed by atoms with van der Waals surface area (Å²) in [6.07, 6.45) is 0.977. The van der Waals surface area contributed by atoms with Gasteiger partial charge in [0.25, 0.3) is 0 Å². The van der Waals surface area contributed by atoms with Gasteiger partial charge in [0.15, 0.2) is 0 Å².